The maximum atomic E-state index is 13.9. The Balaban J connectivity index is 2.25. The van der Waals surface area contributed by atoms with E-state index in [9.17, 15) is 9.18 Å². The molecule has 0 heterocycles. The van der Waals surface area contributed by atoms with E-state index < -0.39 is 17.3 Å². The van der Waals surface area contributed by atoms with Crippen LogP contribution in [-0.4, -0.2) is 49.2 Å². The van der Waals surface area contributed by atoms with Crippen LogP contribution in [0.15, 0.2) is 12.1 Å². The number of hydrogen-bond acceptors (Lipinski definition) is 4. The molecule has 0 atom stereocenters. The first kappa shape index (κ1) is 15.6. The van der Waals surface area contributed by atoms with E-state index in [-0.39, 0.29) is 11.2 Å². The van der Waals surface area contributed by atoms with Gasteiger partial charge in [-0.2, -0.15) is 0 Å². The normalized spacial score (nSPS) is 16.6. The Bertz CT molecular complexity index is 556. The van der Waals surface area contributed by atoms with Gasteiger partial charge in [-0.25, -0.2) is 9.18 Å². The minimum absolute atomic E-state index is 0.0864. The third-order valence-corrected chi connectivity index (χ3v) is 4.52. The third-order valence-electron chi connectivity index (χ3n) is 4.52. The average Bonchev–Trinajstić information content (AvgIpc) is 2.35. The van der Waals surface area contributed by atoms with E-state index in [4.69, 9.17) is 10.8 Å². The summed E-state index contributed by atoms with van der Waals surface area (Å²) in [5.74, 6) is -2.07. The van der Waals surface area contributed by atoms with E-state index in [1.54, 1.807) is 0 Å². The van der Waals surface area contributed by atoms with E-state index in [1.807, 2.05) is 26.0 Å². The number of carbonyl (C=O) groups is 1. The topological polar surface area (TPSA) is 69.8 Å². The van der Waals surface area contributed by atoms with E-state index in [2.05, 4.69) is 4.90 Å². The Kier molecular flexibility index (Phi) is 4.09. The second-order valence-electron chi connectivity index (χ2n) is 6.02. The Morgan fingerprint density at radius 3 is 2.43 bits per heavy atom. The largest absolute Gasteiger partial charge is 0.478 e. The standard InChI is InChI=1S/C15H22FN3O2/c1-18(2)15(5-4-6-15)9-19(3)13-8-11(16)10(14(20)21)7-12(13)17/h7-8H,4-6,9,17H2,1-3H3,(H,20,21). The Morgan fingerprint density at radius 1 is 1.38 bits per heavy atom. The van der Waals surface area contributed by atoms with E-state index in [0.29, 0.717) is 5.69 Å². The van der Waals surface area contributed by atoms with Crippen LogP contribution in [0.5, 0.6) is 0 Å². The van der Waals surface area contributed by atoms with Crippen molar-refractivity contribution in [2.24, 2.45) is 0 Å². The molecule has 1 aromatic rings. The fourth-order valence-electron chi connectivity index (χ4n) is 2.93. The molecular formula is C15H22FN3O2. The van der Waals surface area contributed by atoms with Gasteiger partial charge in [0.15, 0.2) is 0 Å². The van der Waals surface area contributed by atoms with Crippen molar-refractivity contribution in [3.8, 4) is 0 Å². The predicted molar refractivity (Wildman–Crippen MR) is 81.3 cm³/mol. The lowest BCUT2D eigenvalue weighted by Crippen LogP contribution is -2.56. The first-order chi connectivity index (χ1) is 9.77. The molecule has 0 aromatic heterocycles. The van der Waals surface area contributed by atoms with Crippen molar-refractivity contribution in [3.05, 3.63) is 23.5 Å². The molecule has 116 valence electrons. The van der Waals surface area contributed by atoms with Crippen LogP contribution in [-0.2, 0) is 0 Å². The van der Waals surface area contributed by atoms with Crippen LogP contribution in [0.1, 0.15) is 29.6 Å². The Morgan fingerprint density at radius 2 is 2.00 bits per heavy atom. The monoisotopic (exact) mass is 295 g/mol. The molecule has 0 unspecified atom stereocenters. The van der Waals surface area contributed by atoms with E-state index in [0.717, 1.165) is 19.4 Å². The molecule has 0 radical (unpaired) electrons. The zero-order chi connectivity index (χ0) is 15.8. The molecule has 3 N–H and O–H groups in total. The highest BCUT2D eigenvalue weighted by molar-refractivity contribution is 5.90. The van der Waals surface area contributed by atoms with E-state index >= 15 is 0 Å². The number of benzene rings is 1. The highest BCUT2D eigenvalue weighted by Crippen LogP contribution is 2.38. The highest BCUT2D eigenvalue weighted by Gasteiger charge is 2.40. The molecular weight excluding hydrogens is 273 g/mol. The van der Waals surface area contributed by atoms with Gasteiger partial charge in [0.2, 0.25) is 0 Å². The molecule has 1 fully saturated rings. The molecule has 0 aliphatic heterocycles. The SMILES string of the molecule is CN(CC1(N(C)C)CCC1)c1cc(F)c(C(=O)O)cc1N. The lowest BCUT2D eigenvalue weighted by molar-refractivity contribution is 0.0681. The number of aromatic carboxylic acids is 1. The zero-order valence-electron chi connectivity index (χ0n) is 12.7. The maximum Gasteiger partial charge on any atom is 0.338 e. The molecule has 0 bridgehead atoms. The summed E-state index contributed by atoms with van der Waals surface area (Å²) in [5, 5.41) is 8.91. The van der Waals surface area contributed by atoms with Gasteiger partial charge in [0.25, 0.3) is 0 Å². The predicted octanol–water partition coefficient (Wildman–Crippen LogP) is 2.03. The van der Waals surface area contributed by atoms with Crippen LogP contribution in [0.2, 0.25) is 0 Å². The number of anilines is 2. The molecule has 1 aliphatic rings. The smallest absolute Gasteiger partial charge is 0.338 e. The first-order valence-corrected chi connectivity index (χ1v) is 6.98. The van der Waals surface area contributed by atoms with Crippen molar-refractivity contribution in [2.45, 2.75) is 24.8 Å². The first-order valence-electron chi connectivity index (χ1n) is 6.98. The number of rotatable bonds is 5. The van der Waals surface area contributed by atoms with Crippen molar-refractivity contribution in [2.75, 3.05) is 38.3 Å². The lowest BCUT2D eigenvalue weighted by Gasteiger charge is -2.49. The maximum absolute atomic E-state index is 13.9. The molecule has 0 spiro atoms. The van der Waals surface area contributed by atoms with Crippen molar-refractivity contribution in [1.82, 2.24) is 4.90 Å². The van der Waals surface area contributed by atoms with Crippen LogP contribution in [0.3, 0.4) is 0 Å². The van der Waals surface area contributed by atoms with Crippen LogP contribution in [0, 0.1) is 5.82 Å². The van der Waals surface area contributed by atoms with Crippen molar-refractivity contribution >= 4 is 17.3 Å². The number of carboxylic acids is 1. The summed E-state index contributed by atoms with van der Waals surface area (Å²) < 4.78 is 13.9. The molecule has 1 aromatic carbocycles. The highest BCUT2D eigenvalue weighted by atomic mass is 19.1. The summed E-state index contributed by atoms with van der Waals surface area (Å²) in [6.45, 7) is 0.732. The molecule has 6 heteroatoms. The second kappa shape index (κ2) is 5.52. The van der Waals surface area contributed by atoms with Crippen LogP contribution >= 0.6 is 0 Å². The number of hydrogen-bond donors (Lipinski definition) is 2. The summed E-state index contributed by atoms with van der Waals surface area (Å²) in [4.78, 5) is 15.0. The third kappa shape index (κ3) is 2.81. The van der Waals surface area contributed by atoms with Crippen LogP contribution in [0.25, 0.3) is 0 Å². The molecule has 2 rings (SSSR count). The second-order valence-corrected chi connectivity index (χ2v) is 6.02. The van der Waals surface area contributed by atoms with E-state index in [1.165, 1.54) is 18.6 Å². The van der Waals surface area contributed by atoms with Gasteiger partial charge < -0.3 is 20.6 Å². The number of nitrogens with two attached hydrogens (primary N) is 1. The number of nitrogen functional groups attached to an aromatic ring is 1. The number of nitrogens with zero attached hydrogens (tertiary/aromatic N) is 2. The summed E-state index contributed by atoms with van der Waals surface area (Å²) in [6.07, 6.45) is 3.38. The minimum atomic E-state index is -1.31. The summed E-state index contributed by atoms with van der Waals surface area (Å²) >= 11 is 0. The summed E-state index contributed by atoms with van der Waals surface area (Å²) in [7, 11) is 5.95. The lowest BCUT2D eigenvalue weighted by atomic mass is 9.75. The van der Waals surface area contributed by atoms with Gasteiger partial charge >= 0.3 is 5.97 Å². The van der Waals surface area contributed by atoms with Gasteiger partial charge in [0, 0.05) is 25.2 Å². The van der Waals surface area contributed by atoms with Gasteiger partial charge in [-0.05, 0) is 39.4 Å². The Labute approximate surface area is 124 Å². The molecule has 1 saturated carbocycles. The number of halogens is 1. The van der Waals surface area contributed by atoms with Gasteiger partial charge in [0.1, 0.15) is 5.82 Å². The molecule has 0 saturated heterocycles. The molecule has 0 amide bonds. The van der Waals surface area contributed by atoms with Gasteiger partial charge in [0.05, 0.1) is 16.9 Å². The van der Waals surface area contributed by atoms with Crippen molar-refractivity contribution in [3.63, 3.8) is 0 Å². The van der Waals surface area contributed by atoms with Crippen molar-refractivity contribution in [1.29, 1.82) is 0 Å². The summed E-state index contributed by atoms with van der Waals surface area (Å²) in [6, 6.07) is 2.40. The van der Waals surface area contributed by atoms with Gasteiger partial charge in [-0.15, -0.1) is 0 Å². The van der Waals surface area contributed by atoms with Crippen LogP contribution in [0.4, 0.5) is 15.8 Å². The van der Waals surface area contributed by atoms with Crippen molar-refractivity contribution < 1.29 is 14.3 Å². The zero-order valence-corrected chi connectivity index (χ0v) is 12.7. The van der Waals surface area contributed by atoms with Gasteiger partial charge in [-0.3, -0.25) is 0 Å². The molecule has 21 heavy (non-hydrogen) atoms. The van der Waals surface area contributed by atoms with Crippen LogP contribution < -0.4 is 10.6 Å². The number of likely N-dealkylation sites (N-methyl/N-ethyl adjacent to an activating group) is 2. The fraction of sp³-hybridized carbons (Fsp3) is 0.533. The fourth-order valence-corrected chi connectivity index (χ4v) is 2.93. The minimum Gasteiger partial charge on any atom is -0.478 e. The molecule has 1 aliphatic carbocycles. The summed E-state index contributed by atoms with van der Waals surface area (Å²) in [5.41, 5.74) is 6.41. The number of carboxylic acid groups (broad SMARTS) is 1. The Hall–Kier alpha value is -1.82. The quantitative estimate of drug-likeness (QED) is 0.813. The molecule has 5 nitrogen and oxygen atoms in total. The average molecular weight is 295 g/mol. The van der Waals surface area contributed by atoms with Gasteiger partial charge in [-0.1, -0.05) is 0 Å².